The zero-order valence-corrected chi connectivity index (χ0v) is 19.5. The van der Waals surface area contributed by atoms with E-state index in [2.05, 4.69) is 14.5 Å². The lowest BCUT2D eigenvalue weighted by molar-refractivity contribution is -0.141. The van der Waals surface area contributed by atoms with Gasteiger partial charge in [-0.15, -0.1) is 0 Å². The van der Waals surface area contributed by atoms with E-state index in [0.29, 0.717) is 28.1 Å². The summed E-state index contributed by atoms with van der Waals surface area (Å²) in [5, 5.41) is 1.30. The van der Waals surface area contributed by atoms with E-state index < -0.39 is 5.97 Å². The Bertz CT molecular complexity index is 1550. The molecule has 0 N–H and O–H groups in total. The van der Waals surface area contributed by atoms with Crippen LogP contribution in [0.4, 0.5) is 0 Å². The zero-order valence-electron chi connectivity index (χ0n) is 17.9. The molecule has 0 radical (unpaired) electrons. The van der Waals surface area contributed by atoms with Gasteiger partial charge in [-0.1, -0.05) is 59.8 Å². The number of hydrogen-bond acceptors (Lipinski definition) is 6. The Hall–Kier alpha value is -3.62. The molecule has 9 heteroatoms. The Balaban J connectivity index is 1.30. The predicted octanol–water partition coefficient (Wildman–Crippen LogP) is 4.58. The van der Waals surface area contributed by atoms with Crippen LogP contribution in [0.15, 0.2) is 88.9 Å². The number of carbonyl (C=O) groups excluding carboxylic acids is 1. The molecule has 34 heavy (non-hydrogen) atoms. The maximum Gasteiger partial charge on any atom is 0.316 e. The van der Waals surface area contributed by atoms with Crippen LogP contribution in [0, 0.1) is 0 Å². The summed E-state index contributed by atoms with van der Waals surface area (Å²) >= 11 is 7.45. The predicted molar refractivity (Wildman–Crippen MR) is 132 cm³/mol. The minimum atomic E-state index is -0.420. The molecular formula is C25H19ClN4O3S. The van der Waals surface area contributed by atoms with Gasteiger partial charge in [0.25, 0.3) is 5.56 Å². The maximum atomic E-state index is 12.5. The first kappa shape index (κ1) is 22.2. The summed E-state index contributed by atoms with van der Waals surface area (Å²) in [7, 11) is 0. The molecular weight excluding hydrogens is 472 g/mol. The fourth-order valence-corrected chi connectivity index (χ4v) is 4.58. The van der Waals surface area contributed by atoms with Crippen molar-refractivity contribution >= 4 is 46.0 Å². The molecule has 0 saturated heterocycles. The minimum Gasteiger partial charge on any atom is -0.459 e. The lowest BCUT2D eigenvalue weighted by atomic mass is 10.2. The second-order valence-electron chi connectivity index (χ2n) is 7.56. The smallest absolute Gasteiger partial charge is 0.316 e. The van der Waals surface area contributed by atoms with Gasteiger partial charge in [-0.3, -0.25) is 14.0 Å². The molecule has 5 rings (SSSR count). The van der Waals surface area contributed by atoms with Crippen LogP contribution in [0.25, 0.3) is 16.7 Å². The zero-order chi connectivity index (χ0) is 23.5. The molecule has 0 bridgehead atoms. The Morgan fingerprint density at radius 2 is 1.82 bits per heavy atom. The number of carbonyl (C=O) groups is 1. The number of thioether (sulfide) groups is 1. The Labute approximate surface area is 204 Å². The molecule has 0 spiro atoms. The normalized spacial score (nSPS) is 11.2. The summed E-state index contributed by atoms with van der Waals surface area (Å²) in [6.07, 6.45) is 1.64. The van der Waals surface area contributed by atoms with Crippen molar-refractivity contribution in [3.05, 3.63) is 106 Å². The van der Waals surface area contributed by atoms with Crippen molar-refractivity contribution in [2.75, 3.05) is 5.75 Å². The van der Waals surface area contributed by atoms with E-state index in [0.717, 1.165) is 16.6 Å². The van der Waals surface area contributed by atoms with Gasteiger partial charge in [0.2, 0.25) is 0 Å². The second-order valence-corrected chi connectivity index (χ2v) is 8.94. The number of esters is 1. The number of benzene rings is 2. The highest BCUT2D eigenvalue weighted by Gasteiger charge is 2.15. The SMILES string of the molecule is O=C(CSc1nc2cc(Cl)ccc2n1Cc1ccccc1)OCc1cc(=O)n2ccccc2n1. The molecule has 0 aliphatic rings. The topological polar surface area (TPSA) is 78.5 Å². The van der Waals surface area contributed by atoms with E-state index in [1.54, 1.807) is 24.4 Å². The standard InChI is InChI=1S/C25H19ClN4O3S/c26-18-9-10-21-20(12-18)28-25(30(21)14-17-6-2-1-3-7-17)34-16-24(32)33-15-19-13-23(31)29-11-5-4-8-22(29)27-19/h1-13H,14-16H2. The number of pyridine rings is 1. The fourth-order valence-electron chi connectivity index (χ4n) is 3.61. The van der Waals surface area contributed by atoms with E-state index in [9.17, 15) is 9.59 Å². The van der Waals surface area contributed by atoms with Gasteiger partial charge in [0.1, 0.15) is 12.3 Å². The van der Waals surface area contributed by atoms with Crippen molar-refractivity contribution in [2.45, 2.75) is 18.3 Å². The van der Waals surface area contributed by atoms with Crippen molar-refractivity contribution in [3.8, 4) is 0 Å². The highest BCUT2D eigenvalue weighted by molar-refractivity contribution is 7.99. The summed E-state index contributed by atoms with van der Waals surface area (Å²) < 4.78 is 8.87. The van der Waals surface area contributed by atoms with Crippen LogP contribution in [0.3, 0.4) is 0 Å². The van der Waals surface area contributed by atoms with Gasteiger partial charge in [-0.25, -0.2) is 9.97 Å². The van der Waals surface area contributed by atoms with Crippen molar-refractivity contribution in [1.29, 1.82) is 0 Å². The summed E-state index contributed by atoms with van der Waals surface area (Å²) in [6.45, 7) is 0.539. The van der Waals surface area contributed by atoms with Gasteiger partial charge in [0.05, 0.1) is 29.0 Å². The average molecular weight is 491 g/mol. The van der Waals surface area contributed by atoms with Gasteiger partial charge in [-0.05, 0) is 35.9 Å². The molecule has 2 aromatic carbocycles. The molecule has 3 aromatic heterocycles. The molecule has 170 valence electrons. The van der Waals surface area contributed by atoms with E-state index >= 15 is 0 Å². The van der Waals surface area contributed by atoms with E-state index in [4.69, 9.17) is 16.3 Å². The van der Waals surface area contributed by atoms with E-state index in [1.807, 2.05) is 48.5 Å². The average Bonchev–Trinajstić information content (AvgIpc) is 3.18. The molecule has 5 aromatic rings. The van der Waals surface area contributed by atoms with Crippen LogP contribution >= 0.6 is 23.4 Å². The summed E-state index contributed by atoms with van der Waals surface area (Å²) in [6, 6.07) is 22.3. The second kappa shape index (κ2) is 9.70. The van der Waals surface area contributed by atoms with Crippen molar-refractivity contribution in [3.63, 3.8) is 0 Å². The van der Waals surface area contributed by atoms with E-state index in [1.165, 1.54) is 22.2 Å². The quantitative estimate of drug-likeness (QED) is 0.245. The first-order valence-corrected chi connectivity index (χ1v) is 11.9. The molecule has 0 unspecified atom stereocenters. The number of fused-ring (bicyclic) bond motifs is 2. The van der Waals surface area contributed by atoms with Gasteiger partial charge >= 0.3 is 5.97 Å². The lowest BCUT2D eigenvalue weighted by Gasteiger charge is -2.09. The first-order valence-electron chi connectivity index (χ1n) is 10.5. The summed E-state index contributed by atoms with van der Waals surface area (Å²) in [4.78, 5) is 33.7. The third-order valence-electron chi connectivity index (χ3n) is 5.18. The van der Waals surface area contributed by atoms with Crippen LogP contribution in [0.5, 0.6) is 0 Å². The number of nitrogens with zero attached hydrogens (tertiary/aromatic N) is 4. The first-order chi connectivity index (χ1) is 16.6. The summed E-state index contributed by atoms with van der Waals surface area (Å²) in [5.74, 6) is -0.352. The largest absolute Gasteiger partial charge is 0.459 e. The van der Waals surface area contributed by atoms with Crippen LogP contribution in [-0.4, -0.2) is 30.7 Å². The number of imidazole rings is 1. The molecule has 7 nitrogen and oxygen atoms in total. The lowest BCUT2D eigenvalue weighted by Crippen LogP contribution is -2.16. The highest BCUT2D eigenvalue weighted by atomic mass is 35.5. The molecule has 0 saturated carbocycles. The van der Waals surface area contributed by atoms with Crippen molar-refractivity contribution < 1.29 is 9.53 Å². The van der Waals surface area contributed by atoms with Crippen LogP contribution < -0.4 is 5.56 Å². The third-order valence-corrected chi connectivity index (χ3v) is 6.37. The number of halogens is 1. The highest BCUT2D eigenvalue weighted by Crippen LogP contribution is 2.27. The van der Waals surface area contributed by atoms with Crippen LogP contribution in [-0.2, 0) is 22.7 Å². The maximum absolute atomic E-state index is 12.5. The minimum absolute atomic E-state index is 0.0679. The monoisotopic (exact) mass is 490 g/mol. The van der Waals surface area contributed by atoms with Gasteiger partial charge in [0, 0.05) is 17.3 Å². The number of rotatable bonds is 7. The van der Waals surface area contributed by atoms with Crippen LogP contribution in [0.2, 0.25) is 5.02 Å². The molecule has 0 atom stereocenters. The molecule has 0 fully saturated rings. The Morgan fingerprint density at radius 1 is 1.00 bits per heavy atom. The van der Waals surface area contributed by atoms with Crippen molar-refractivity contribution in [2.24, 2.45) is 0 Å². The fraction of sp³-hybridized carbons (Fsp3) is 0.120. The van der Waals surface area contributed by atoms with Gasteiger partial charge in [0.15, 0.2) is 5.16 Å². The third kappa shape index (κ3) is 4.83. The Morgan fingerprint density at radius 3 is 2.68 bits per heavy atom. The van der Waals surface area contributed by atoms with Crippen molar-refractivity contribution in [1.82, 2.24) is 18.9 Å². The number of hydrogen-bond donors (Lipinski definition) is 0. The molecule has 3 heterocycles. The molecule has 0 amide bonds. The van der Waals surface area contributed by atoms with Crippen LogP contribution in [0.1, 0.15) is 11.3 Å². The number of aromatic nitrogens is 4. The van der Waals surface area contributed by atoms with E-state index in [-0.39, 0.29) is 17.9 Å². The Kier molecular flexibility index (Phi) is 6.33. The van der Waals surface area contributed by atoms with Gasteiger partial charge < -0.3 is 9.30 Å². The summed E-state index contributed by atoms with van der Waals surface area (Å²) in [5.41, 5.74) is 3.50. The van der Waals surface area contributed by atoms with Gasteiger partial charge in [-0.2, -0.15) is 0 Å². The molecule has 0 aliphatic heterocycles. The number of ether oxygens (including phenoxy) is 1. The molecule has 0 aliphatic carbocycles.